The number of aliphatic hydroxyl groups excluding tert-OH is 1. The maximum atomic E-state index is 12.5. The molecule has 5 heteroatoms. The van der Waals surface area contributed by atoms with Gasteiger partial charge in [0.2, 0.25) is 0 Å². The lowest BCUT2D eigenvalue weighted by Gasteiger charge is -2.34. The van der Waals surface area contributed by atoms with Crippen molar-refractivity contribution in [2.45, 2.75) is 31.9 Å². The minimum absolute atomic E-state index is 0.0584. The Morgan fingerprint density at radius 2 is 1.81 bits per heavy atom. The second-order valence-electron chi connectivity index (χ2n) is 7.05. The fourth-order valence-corrected chi connectivity index (χ4v) is 3.64. The zero-order valence-electron chi connectivity index (χ0n) is 15.8. The van der Waals surface area contributed by atoms with Gasteiger partial charge in [0, 0.05) is 25.2 Å². The van der Waals surface area contributed by atoms with Crippen LogP contribution in [0.5, 0.6) is 5.75 Å². The molecule has 1 saturated heterocycles. The quantitative estimate of drug-likeness (QED) is 0.823. The normalized spacial score (nSPS) is 16.0. The van der Waals surface area contributed by atoms with Gasteiger partial charge in [-0.25, -0.2) is 4.79 Å². The molecule has 3 rings (SSSR count). The number of hydrogen-bond acceptors (Lipinski definition) is 3. The third kappa shape index (κ3) is 5.23. The van der Waals surface area contributed by atoms with Gasteiger partial charge in [0.1, 0.15) is 5.75 Å². The van der Waals surface area contributed by atoms with Gasteiger partial charge < -0.3 is 20.1 Å². The zero-order valence-corrected chi connectivity index (χ0v) is 15.8. The first-order chi connectivity index (χ1) is 13.2. The molecular weight excluding hydrogens is 340 g/mol. The van der Waals surface area contributed by atoms with Crippen LogP contribution in [-0.2, 0) is 13.0 Å². The lowest BCUT2D eigenvalue weighted by Crippen LogP contribution is -2.46. The predicted molar refractivity (Wildman–Crippen MR) is 106 cm³/mol. The van der Waals surface area contributed by atoms with E-state index in [4.69, 9.17) is 4.74 Å². The Balaban J connectivity index is 1.45. The number of urea groups is 1. The van der Waals surface area contributed by atoms with E-state index < -0.39 is 0 Å². The fraction of sp³-hybridized carbons (Fsp3) is 0.409. The standard InChI is InChI=1S/C22H28N2O3/c1-27-21-10-6-5-9-19(21)16-23-22(26)24-13-11-18(12-14-24)20(25)15-17-7-3-2-4-8-17/h2-10,18,20,25H,11-16H2,1H3,(H,23,26). The number of nitrogens with one attached hydrogen (secondary N) is 1. The second-order valence-corrected chi connectivity index (χ2v) is 7.05. The van der Waals surface area contributed by atoms with E-state index in [0.717, 1.165) is 29.7 Å². The summed E-state index contributed by atoms with van der Waals surface area (Å²) >= 11 is 0. The van der Waals surface area contributed by atoms with Crippen LogP contribution in [-0.4, -0.2) is 42.3 Å². The molecule has 0 spiro atoms. The molecule has 2 N–H and O–H groups in total. The highest BCUT2D eigenvalue weighted by molar-refractivity contribution is 5.74. The Kier molecular flexibility index (Phi) is 6.71. The second kappa shape index (κ2) is 9.42. The topological polar surface area (TPSA) is 61.8 Å². The lowest BCUT2D eigenvalue weighted by atomic mass is 9.88. The molecule has 1 fully saturated rings. The number of piperidine rings is 1. The molecule has 0 radical (unpaired) electrons. The van der Waals surface area contributed by atoms with Gasteiger partial charge in [-0.15, -0.1) is 0 Å². The van der Waals surface area contributed by atoms with Crippen LogP contribution in [0.2, 0.25) is 0 Å². The van der Waals surface area contributed by atoms with Crippen LogP contribution < -0.4 is 10.1 Å². The van der Waals surface area contributed by atoms with Crippen molar-refractivity contribution in [3.05, 3.63) is 65.7 Å². The van der Waals surface area contributed by atoms with Crippen molar-refractivity contribution in [2.24, 2.45) is 5.92 Å². The number of nitrogens with zero attached hydrogens (tertiary/aromatic N) is 1. The first-order valence-corrected chi connectivity index (χ1v) is 9.54. The van der Waals surface area contributed by atoms with Crippen LogP contribution in [0.3, 0.4) is 0 Å². The number of rotatable bonds is 6. The maximum Gasteiger partial charge on any atom is 0.317 e. The minimum Gasteiger partial charge on any atom is -0.496 e. The summed E-state index contributed by atoms with van der Waals surface area (Å²) in [5.41, 5.74) is 2.11. The van der Waals surface area contributed by atoms with Gasteiger partial charge in [0.25, 0.3) is 0 Å². The third-order valence-corrected chi connectivity index (χ3v) is 5.28. The molecule has 1 aliphatic heterocycles. The summed E-state index contributed by atoms with van der Waals surface area (Å²) in [5, 5.41) is 13.5. The molecule has 1 atom stereocenters. The van der Waals surface area contributed by atoms with E-state index in [1.165, 1.54) is 0 Å². The third-order valence-electron chi connectivity index (χ3n) is 5.28. The molecule has 2 aromatic carbocycles. The Labute approximate surface area is 161 Å². The number of ether oxygens (including phenoxy) is 1. The molecule has 1 heterocycles. The molecule has 5 nitrogen and oxygen atoms in total. The summed E-state index contributed by atoms with van der Waals surface area (Å²) in [6.45, 7) is 1.79. The largest absolute Gasteiger partial charge is 0.496 e. The summed E-state index contributed by atoms with van der Waals surface area (Å²) in [4.78, 5) is 14.3. The molecule has 0 aromatic heterocycles. The van der Waals surface area contributed by atoms with Crippen LogP contribution in [0, 0.1) is 5.92 Å². The molecular formula is C22H28N2O3. The first-order valence-electron chi connectivity index (χ1n) is 9.54. The molecule has 0 saturated carbocycles. The van der Waals surface area contributed by atoms with Gasteiger partial charge in [0.15, 0.2) is 0 Å². The highest BCUT2D eigenvalue weighted by Gasteiger charge is 2.27. The first kappa shape index (κ1) is 19.2. The fourth-order valence-electron chi connectivity index (χ4n) is 3.64. The Morgan fingerprint density at radius 1 is 1.15 bits per heavy atom. The minimum atomic E-state index is -0.355. The Hall–Kier alpha value is -2.53. The number of benzene rings is 2. The van der Waals surface area contributed by atoms with Gasteiger partial charge in [-0.1, -0.05) is 48.5 Å². The number of aliphatic hydroxyl groups is 1. The number of carbonyl (C=O) groups excluding carboxylic acids is 1. The SMILES string of the molecule is COc1ccccc1CNC(=O)N1CCC(C(O)Cc2ccccc2)CC1. The number of likely N-dealkylation sites (tertiary alicyclic amines) is 1. The molecule has 144 valence electrons. The van der Waals surface area contributed by atoms with E-state index in [9.17, 15) is 9.90 Å². The van der Waals surface area contributed by atoms with Crippen LogP contribution >= 0.6 is 0 Å². The smallest absolute Gasteiger partial charge is 0.317 e. The molecule has 0 aliphatic carbocycles. The zero-order chi connectivity index (χ0) is 19.1. The molecule has 2 amide bonds. The van der Waals surface area contributed by atoms with Gasteiger partial charge in [-0.2, -0.15) is 0 Å². The van der Waals surface area contributed by atoms with Gasteiger partial charge in [-0.3, -0.25) is 0 Å². The summed E-state index contributed by atoms with van der Waals surface area (Å²) < 4.78 is 5.32. The summed E-state index contributed by atoms with van der Waals surface area (Å²) in [5.74, 6) is 1.02. The Morgan fingerprint density at radius 3 is 2.52 bits per heavy atom. The van der Waals surface area contributed by atoms with E-state index in [2.05, 4.69) is 5.32 Å². The lowest BCUT2D eigenvalue weighted by molar-refractivity contribution is 0.0671. The van der Waals surface area contributed by atoms with E-state index in [0.29, 0.717) is 26.1 Å². The van der Waals surface area contributed by atoms with Crippen molar-refractivity contribution < 1.29 is 14.6 Å². The average Bonchev–Trinajstić information content (AvgIpc) is 2.73. The van der Waals surface area contributed by atoms with E-state index >= 15 is 0 Å². The van der Waals surface area contributed by atoms with Gasteiger partial charge >= 0.3 is 6.03 Å². The van der Waals surface area contributed by atoms with Gasteiger partial charge in [0.05, 0.1) is 13.2 Å². The summed E-state index contributed by atoms with van der Waals surface area (Å²) in [6, 6.07) is 17.7. The highest BCUT2D eigenvalue weighted by Crippen LogP contribution is 2.23. The molecule has 27 heavy (non-hydrogen) atoms. The number of amides is 2. The highest BCUT2D eigenvalue weighted by atomic mass is 16.5. The molecule has 2 aromatic rings. The van der Waals surface area contributed by atoms with Crippen molar-refractivity contribution in [3.8, 4) is 5.75 Å². The monoisotopic (exact) mass is 368 g/mol. The number of hydrogen-bond donors (Lipinski definition) is 2. The van der Waals surface area contributed by atoms with Crippen LogP contribution in [0.1, 0.15) is 24.0 Å². The Bertz CT molecular complexity index is 727. The van der Waals surface area contributed by atoms with Crippen molar-refractivity contribution >= 4 is 6.03 Å². The summed E-state index contributed by atoms with van der Waals surface area (Å²) in [7, 11) is 1.63. The molecule has 0 bridgehead atoms. The van der Waals surface area contributed by atoms with E-state index in [-0.39, 0.29) is 18.1 Å². The molecule has 1 unspecified atom stereocenters. The predicted octanol–water partition coefficient (Wildman–Crippen LogP) is 3.22. The van der Waals surface area contributed by atoms with Crippen molar-refractivity contribution in [3.63, 3.8) is 0 Å². The average molecular weight is 368 g/mol. The number of carbonyl (C=O) groups is 1. The van der Waals surface area contributed by atoms with Crippen molar-refractivity contribution in [1.29, 1.82) is 0 Å². The van der Waals surface area contributed by atoms with E-state index in [1.807, 2.05) is 59.5 Å². The van der Waals surface area contributed by atoms with Crippen LogP contribution in [0.25, 0.3) is 0 Å². The van der Waals surface area contributed by atoms with Gasteiger partial charge in [-0.05, 0) is 36.8 Å². The number of para-hydroxylation sites is 1. The number of methoxy groups -OCH3 is 1. The maximum absolute atomic E-state index is 12.5. The molecule has 1 aliphatic rings. The van der Waals surface area contributed by atoms with Crippen molar-refractivity contribution in [2.75, 3.05) is 20.2 Å². The summed E-state index contributed by atoms with van der Waals surface area (Å²) in [6.07, 6.45) is 1.98. The van der Waals surface area contributed by atoms with Crippen LogP contribution in [0.15, 0.2) is 54.6 Å². The van der Waals surface area contributed by atoms with Crippen LogP contribution in [0.4, 0.5) is 4.79 Å². The van der Waals surface area contributed by atoms with E-state index in [1.54, 1.807) is 7.11 Å². The van der Waals surface area contributed by atoms with Crippen molar-refractivity contribution in [1.82, 2.24) is 10.2 Å².